The second-order valence-corrected chi connectivity index (χ2v) is 6.34. The summed E-state index contributed by atoms with van der Waals surface area (Å²) in [7, 11) is 0. The van der Waals surface area contributed by atoms with Gasteiger partial charge in [-0.1, -0.05) is 80.4 Å². The van der Waals surface area contributed by atoms with Gasteiger partial charge in [-0.25, -0.2) is 0 Å². The van der Waals surface area contributed by atoms with Gasteiger partial charge in [-0.3, -0.25) is 0 Å². The molecule has 112 valence electrons. The maximum absolute atomic E-state index is 6.58. The van der Waals surface area contributed by atoms with Crippen molar-refractivity contribution in [2.45, 2.75) is 51.0 Å². The first-order chi connectivity index (χ1) is 10.1. The van der Waals surface area contributed by atoms with Crippen LogP contribution in [0.1, 0.15) is 56.6 Å². The molecule has 0 spiro atoms. The van der Waals surface area contributed by atoms with Crippen LogP contribution in [0.5, 0.6) is 0 Å². The van der Waals surface area contributed by atoms with Gasteiger partial charge in [0, 0.05) is 11.5 Å². The molecule has 0 bridgehead atoms. The molecule has 1 nitrogen and oxygen atoms in total. The van der Waals surface area contributed by atoms with Crippen LogP contribution in [-0.2, 0) is 0 Å². The highest BCUT2D eigenvalue weighted by atomic mass is 14.7. The largest absolute Gasteiger partial charge is 0.325 e. The third-order valence-corrected chi connectivity index (χ3v) is 4.18. The SMILES string of the molecule is CCCCC(C)(N)CC(c1ccccc1)c1ccccc1. The minimum absolute atomic E-state index is 0.119. The van der Waals surface area contributed by atoms with Gasteiger partial charge in [0.05, 0.1) is 0 Å². The van der Waals surface area contributed by atoms with E-state index in [2.05, 4.69) is 74.5 Å². The molecule has 1 atom stereocenters. The van der Waals surface area contributed by atoms with Crippen molar-refractivity contribution in [2.24, 2.45) is 5.73 Å². The van der Waals surface area contributed by atoms with E-state index in [1.807, 2.05) is 0 Å². The van der Waals surface area contributed by atoms with Crippen molar-refractivity contribution in [1.29, 1.82) is 0 Å². The van der Waals surface area contributed by atoms with Gasteiger partial charge in [-0.2, -0.15) is 0 Å². The molecule has 0 aliphatic carbocycles. The first-order valence-electron chi connectivity index (χ1n) is 8.01. The van der Waals surface area contributed by atoms with Crippen LogP contribution < -0.4 is 5.73 Å². The molecular weight excluding hydrogens is 254 g/mol. The Kier molecular flexibility index (Phi) is 5.58. The summed E-state index contributed by atoms with van der Waals surface area (Å²) in [6, 6.07) is 21.5. The molecule has 2 aromatic carbocycles. The quantitative estimate of drug-likeness (QED) is 0.749. The third kappa shape index (κ3) is 4.71. The number of unbranched alkanes of at least 4 members (excludes halogenated alkanes) is 1. The van der Waals surface area contributed by atoms with E-state index in [0.717, 1.165) is 12.8 Å². The lowest BCUT2D eigenvalue weighted by Gasteiger charge is -2.30. The van der Waals surface area contributed by atoms with Crippen LogP contribution in [0.25, 0.3) is 0 Å². The van der Waals surface area contributed by atoms with Gasteiger partial charge in [0.2, 0.25) is 0 Å². The fraction of sp³-hybridized carbons (Fsp3) is 0.400. The molecule has 0 radical (unpaired) electrons. The highest BCUT2D eigenvalue weighted by molar-refractivity contribution is 5.32. The second-order valence-electron chi connectivity index (χ2n) is 6.34. The van der Waals surface area contributed by atoms with E-state index in [1.165, 1.54) is 24.0 Å². The summed E-state index contributed by atoms with van der Waals surface area (Å²) in [5.41, 5.74) is 9.18. The number of hydrogen-bond acceptors (Lipinski definition) is 1. The van der Waals surface area contributed by atoms with E-state index in [-0.39, 0.29) is 5.54 Å². The zero-order chi connectivity index (χ0) is 15.1. The van der Waals surface area contributed by atoms with Gasteiger partial charge >= 0.3 is 0 Å². The van der Waals surface area contributed by atoms with E-state index in [9.17, 15) is 0 Å². The van der Waals surface area contributed by atoms with Crippen molar-refractivity contribution in [2.75, 3.05) is 0 Å². The number of hydrogen-bond donors (Lipinski definition) is 1. The normalized spacial score (nSPS) is 14.1. The van der Waals surface area contributed by atoms with Crippen LogP contribution in [0.3, 0.4) is 0 Å². The number of rotatable bonds is 7. The fourth-order valence-corrected chi connectivity index (χ4v) is 2.95. The lowest BCUT2D eigenvalue weighted by atomic mass is 9.79. The lowest BCUT2D eigenvalue weighted by molar-refractivity contribution is 0.370. The molecule has 0 aromatic heterocycles. The predicted molar refractivity (Wildman–Crippen MR) is 91.5 cm³/mol. The first kappa shape index (κ1) is 15.8. The summed E-state index contributed by atoms with van der Waals surface area (Å²) in [6.45, 7) is 4.42. The van der Waals surface area contributed by atoms with E-state index in [4.69, 9.17) is 5.73 Å². The number of nitrogens with two attached hydrogens (primary N) is 1. The Morgan fingerprint density at radius 1 is 0.905 bits per heavy atom. The summed E-state index contributed by atoms with van der Waals surface area (Å²) in [6.07, 6.45) is 4.47. The Hall–Kier alpha value is -1.60. The topological polar surface area (TPSA) is 26.0 Å². The van der Waals surface area contributed by atoms with Gasteiger partial charge in [0.25, 0.3) is 0 Å². The zero-order valence-corrected chi connectivity index (χ0v) is 13.3. The molecule has 1 heteroatoms. The molecule has 2 aromatic rings. The van der Waals surface area contributed by atoms with Crippen molar-refractivity contribution in [1.82, 2.24) is 0 Å². The predicted octanol–water partition coefficient (Wildman–Crippen LogP) is 5.12. The van der Waals surface area contributed by atoms with Crippen molar-refractivity contribution < 1.29 is 0 Å². The summed E-state index contributed by atoms with van der Waals surface area (Å²) < 4.78 is 0. The molecule has 0 amide bonds. The van der Waals surface area contributed by atoms with Crippen LogP contribution in [0.15, 0.2) is 60.7 Å². The van der Waals surface area contributed by atoms with E-state index >= 15 is 0 Å². The third-order valence-electron chi connectivity index (χ3n) is 4.18. The van der Waals surface area contributed by atoms with Crippen molar-refractivity contribution >= 4 is 0 Å². The molecule has 0 aliphatic rings. The lowest BCUT2D eigenvalue weighted by Crippen LogP contribution is -2.38. The number of benzene rings is 2. The zero-order valence-electron chi connectivity index (χ0n) is 13.3. The van der Waals surface area contributed by atoms with Gasteiger partial charge < -0.3 is 5.73 Å². The Morgan fingerprint density at radius 2 is 1.38 bits per heavy atom. The summed E-state index contributed by atoms with van der Waals surface area (Å²) in [5.74, 6) is 0.374. The minimum Gasteiger partial charge on any atom is -0.325 e. The van der Waals surface area contributed by atoms with Crippen molar-refractivity contribution in [3.05, 3.63) is 71.8 Å². The average molecular weight is 281 g/mol. The van der Waals surface area contributed by atoms with Crippen molar-refractivity contribution in [3.8, 4) is 0 Å². The van der Waals surface area contributed by atoms with Gasteiger partial charge in [-0.05, 0) is 30.9 Å². The average Bonchev–Trinajstić information content (AvgIpc) is 2.52. The molecule has 2 N–H and O–H groups in total. The molecular formula is C20H27N. The summed E-state index contributed by atoms with van der Waals surface area (Å²) >= 11 is 0. The summed E-state index contributed by atoms with van der Waals surface area (Å²) in [4.78, 5) is 0. The molecule has 0 fully saturated rings. The molecule has 0 aliphatic heterocycles. The van der Waals surface area contributed by atoms with E-state index in [1.54, 1.807) is 0 Å². The van der Waals surface area contributed by atoms with Crippen LogP contribution in [0.2, 0.25) is 0 Å². The van der Waals surface area contributed by atoms with E-state index in [0.29, 0.717) is 5.92 Å². The Morgan fingerprint density at radius 3 is 1.81 bits per heavy atom. The molecule has 0 saturated heterocycles. The van der Waals surface area contributed by atoms with Crippen LogP contribution >= 0.6 is 0 Å². The Labute approximate surface area is 129 Å². The highest BCUT2D eigenvalue weighted by Crippen LogP contribution is 2.33. The van der Waals surface area contributed by atoms with Crippen LogP contribution in [0.4, 0.5) is 0 Å². The standard InChI is InChI=1S/C20H27N/c1-3-4-15-20(2,21)16-19(17-11-7-5-8-12-17)18-13-9-6-10-14-18/h5-14,19H,3-4,15-16,21H2,1-2H3. The van der Waals surface area contributed by atoms with Crippen molar-refractivity contribution in [3.63, 3.8) is 0 Å². The fourth-order valence-electron chi connectivity index (χ4n) is 2.95. The van der Waals surface area contributed by atoms with Gasteiger partial charge in [-0.15, -0.1) is 0 Å². The Balaban J connectivity index is 2.25. The maximum atomic E-state index is 6.58. The van der Waals surface area contributed by atoms with Crippen LogP contribution in [0, 0.1) is 0 Å². The first-order valence-corrected chi connectivity index (χ1v) is 8.01. The van der Waals surface area contributed by atoms with Crippen LogP contribution in [-0.4, -0.2) is 5.54 Å². The van der Waals surface area contributed by atoms with Gasteiger partial charge in [0.1, 0.15) is 0 Å². The molecule has 21 heavy (non-hydrogen) atoms. The molecule has 1 unspecified atom stereocenters. The molecule has 0 heterocycles. The highest BCUT2D eigenvalue weighted by Gasteiger charge is 2.25. The summed E-state index contributed by atoms with van der Waals surface area (Å²) in [5, 5.41) is 0. The maximum Gasteiger partial charge on any atom is 0.0134 e. The minimum atomic E-state index is -0.119. The second kappa shape index (κ2) is 7.42. The monoisotopic (exact) mass is 281 g/mol. The van der Waals surface area contributed by atoms with Gasteiger partial charge in [0.15, 0.2) is 0 Å². The molecule has 2 rings (SSSR count). The Bertz CT molecular complexity index is 477. The smallest absolute Gasteiger partial charge is 0.0134 e. The van der Waals surface area contributed by atoms with E-state index < -0.39 is 0 Å². The molecule has 0 saturated carbocycles.